The van der Waals surface area contributed by atoms with Gasteiger partial charge in [0.15, 0.2) is 0 Å². The van der Waals surface area contributed by atoms with Gasteiger partial charge in [0.1, 0.15) is 9.39 Å². The van der Waals surface area contributed by atoms with Crippen LogP contribution in [0.5, 0.6) is 0 Å². The molecule has 1 aromatic heterocycles. The molecule has 1 heterocycles. The predicted octanol–water partition coefficient (Wildman–Crippen LogP) is 2.79. The summed E-state index contributed by atoms with van der Waals surface area (Å²) in [5, 5.41) is 27.2. The standard InChI is InChI=1S/C15H17I2N3O2/c16-12-5-10(8-22)6-13(12)20-15(17)14(18-19-20)11-3-1-9(7-21)2-4-11/h1-4,10,12-13,21-22H,5-8H2/t10-,12-,13-/m1/s1. The summed E-state index contributed by atoms with van der Waals surface area (Å²) < 4.78 is 3.50. The lowest BCUT2D eigenvalue weighted by Gasteiger charge is -2.15. The van der Waals surface area contributed by atoms with Crippen LogP contribution >= 0.6 is 45.2 Å². The Kier molecular flexibility index (Phi) is 5.35. The first-order valence-corrected chi connectivity index (χ1v) is 9.52. The molecule has 1 aliphatic rings. The number of aliphatic hydroxyl groups is 2. The van der Waals surface area contributed by atoms with Crippen LogP contribution in [-0.4, -0.2) is 35.7 Å². The van der Waals surface area contributed by atoms with Gasteiger partial charge in [-0.3, -0.25) is 0 Å². The fourth-order valence-electron chi connectivity index (χ4n) is 2.90. The van der Waals surface area contributed by atoms with Gasteiger partial charge in [-0.05, 0) is 46.9 Å². The Labute approximate surface area is 156 Å². The number of hydrogen-bond acceptors (Lipinski definition) is 4. The number of aromatic nitrogens is 3. The molecule has 0 saturated heterocycles. The first-order valence-electron chi connectivity index (χ1n) is 7.19. The molecule has 118 valence electrons. The Bertz CT molecular complexity index is 645. The molecule has 0 unspecified atom stereocenters. The van der Waals surface area contributed by atoms with Crippen LogP contribution in [0.1, 0.15) is 24.4 Å². The highest BCUT2D eigenvalue weighted by molar-refractivity contribution is 14.1. The molecule has 2 N–H and O–H groups in total. The maximum atomic E-state index is 9.38. The molecular weight excluding hydrogens is 508 g/mol. The molecule has 1 saturated carbocycles. The molecule has 2 aromatic rings. The maximum Gasteiger partial charge on any atom is 0.127 e. The zero-order chi connectivity index (χ0) is 15.7. The monoisotopic (exact) mass is 525 g/mol. The van der Waals surface area contributed by atoms with Gasteiger partial charge in [-0.1, -0.05) is 52.1 Å². The predicted molar refractivity (Wildman–Crippen MR) is 101 cm³/mol. The minimum absolute atomic E-state index is 0.0468. The summed E-state index contributed by atoms with van der Waals surface area (Å²) in [5.74, 6) is 0.360. The van der Waals surface area contributed by atoms with Crippen molar-refractivity contribution < 1.29 is 10.2 Å². The highest BCUT2D eigenvalue weighted by Crippen LogP contribution is 2.40. The highest BCUT2D eigenvalue weighted by Gasteiger charge is 2.35. The molecule has 0 bridgehead atoms. The van der Waals surface area contributed by atoms with Gasteiger partial charge in [-0.15, -0.1) is 5.10 Å². The van der Waals surface area contributed by atoms with Crippen LogP contribution in [0.4, 0.5) is 0 Å². The molecular formula is C15H17I2N3O2. The summed E-state index contributed by atoms with van der Waals surface area (Å²) in [4.78, 5) is 0. The first-order chi connectivity index (χ1) is 10.6. The van der Waals surface area contributed by atoms with Gasteiger partial charge in [-0.2, -0.15) is 0 Å². The van der Waals surface area contributed by atoms with Crippen molar-refractivity contribution in [1.82, 2.24) is 15.0 Å². The lowest BCUT2D eigenvalue weighted by atomic mass is 10.1. The zero-order valence-electron chi connectivity index (χ0n) is 11.9. The van der Waals surface area contributed by atoms with Crippen molar-refractivity contribution >= 4 is 45.2 Å². The number of nitrogens with zero attached hydrogens (tertiary/aromatic N) is 3. The van der Waals surface area contributed by atoms with Crippen molar-refractivity contribution in [2.24, 2.45) is 5.92 Å². The Balaban J connectivity index is 1.88. The molecule has 0 aliphatic heterocycles. The fourth-order valence-corrected chi connectivity index (χ4v) is 5.09. The van der Waals surface area contributed by atoms with E-state index in [0.717, 1.165) is 33.4 Å². The summed E-state index contributed by atoms with van der Waals surface area (Å²) in [6, 6.07) is 8.04. The molecule has 0 amide bonds. The van der Waals surface area contributed by atoms with Gasteiger partial charge in [-0.25, -0.2) is 4.68 Å². The highest BCUT2D eigenvalue weighted by atomic mass is 127. The molecule has 0 spiro atoms. The van der Waals surface area contributed by atoms with Crippen molar-refractivity contribution in [1.29, 1.82) is 0 Å². The van der Waals surface area contributed by atoms with Crippen molar-refractivity contribution in [2.45, 2.75) is 29.4 Å². The van der Waals surface area contributed by atoms with Crippen LogP contribution in [0.15, 0.2) is 24.3 Å². The van der Waals surface area contributed by atoms with Crippen molar-refractivity contribution in [2.75, 3.05) is 6.61 Å². The van der Waals surface area contributed by atoms with E-state index >= 15 is 0 Å². The normalized spacial score (nSPS) is 24.8. The number of benzene rings is 1. The van der Waals surface area contributed by atoms with Crippen molar-refractivity contribution in [3.05, 3.63) is 33.5 Å². The van der Waals surface area contributed by atoms with Crippen molar-refractivity contribution in [3.8, 4) is 11.3 Å². The van der Waals surface area contributed by atoms with Gasteiger partial charge in [0.25, 0.3) is 0 Å². The smallest absolute Gasteiger partial charge is 0.127 e. The number of alkyl halides is 1. The summed E-state index contributed by atoms with van der Waals surface area (Å²) in [6.07, 6.45) is 1.98. The van der Waals surface area contributed by atoms with Gasteiger partial charge in [0.2, 0.25) is 0 Å². The van der Waals surface area contributed by atoms with Crippen LogP contribution in [0, 0.1) is 9.62 Å². The molecule has 3 rings (SSSR count). The van der Waals surface area contributed by atoms with Gasteiger partial charge in [0, 0.05) is 16.1 Å². The van der Waals surface area contributed by atoms with Crippen LogP contribution in [0.3, 0.4) is 0 Å². The Morgan fingerprint density at radius 2 is 1.91 bits per heavy atom. The lowest BCUT2D eigenvalue weighted by Crippen LogP contribution is -2.16. The van der Waals surface area contributed by atoms with E-state index in [-0.39, 0.29) is 13.2 Å². The van der Waals surface area contributed by atoms with E-state index in [9.17, 15) is 5.11 Å². The lowest BCUT2D eigenvalue weighted by molar-refractivity contribution is 0.225. The van der Waals surface area contributed by atoms with E-state index in [4.69, 9.17) is 5.11 Å². The Hall–Kier alpha value is -0.260. The molecule has 7 heteroatoms. The third kappa shape index (κ3) is 3.17. The fraction of sp³-hybridized carbons (Fsp3) is 0.467. The van der Waals surface area contributed by atoms with E-state index in [1.165, 1.54) is 0 Å². The molecule has 22 heavy (non-hydrogen) atoms. The zero-order valence-corrected chi connectivity index (χ0v) is 16.2. The molecule has 1 fully saturated rings. The minimum atomic E-state index is 0.0468. The summed E-state index contributed by atoms with van der Waals surface area (Å²) >= 11 is 4.75. The van der Waals surface area contributed by atoms with E-state index in [0.29, 0.717) is 15.9 Å². The van der Waals surface area contributed by atoms with Gasteiger partial charge < -0.3 is 10.2 Å². The number of halogens is 2. The molecule has 1 aromatic carbocycles. The van der Waals surface area contributed by atoms with Crippen LogP contribution in [0.2, 0.25) is 0 Å². The number of aliphatic hydroxyl groups excluding tert-OH is 2. The molecule has 1 aliphatic carbocycles. The average Bonchev–Trinajstić information content (AvgIpc) is 3.10. The second-order valence-corrected chi connectivity index (χ2v) is 8.25. The number of rotatable bonds is 4. The second-order valence-electron chi connectivity index (χ2n) is 5.63. The quantitative estimate of drug-likeness (QED) is 0.476. The molecule has 5 nitrogen and oxygen atoms in total. The third-order valence-electron chi connectivity index (χ3n) is 4.17. The molecule has 0 radical (unpaired) electrons. The van der Waals surface area contributed by atoms with E-state index in [2.05, 4.69) is 55.5 Å². The third-order valence-corrected chi connectivity index (χ3v) is 6.51. The first kappa shape index (κ1) is 16.6. The average molecular weight is 525 g/mol. The van der Waals surface area contributed by atoms with Gasteiger partial charge in [0.05, 0.1) is 12.6 Å². The van der Waals surface area contributed by atoms with Crippen LogP contribution in [-0.2, 0) is 6.61 Å². The summed E-state index contributed by atoms with van der Waals surface area (Å²) in [7, 11) is 0. The van der Waals surface area contributed by atoms with Crippen LogP contribution in [0.25, 0.3) is 11.3 Å². The van der Waals surface area contributed by atoms with E-state index < -0.39 is 0 Å². The van der Waals surface area contributed by atoms with E-state index in [1.807, 2.05) is 28.9 Å². The summed E-state index contributed by atoms with van der Waals surface area (Å²) in [6.45, 7) is 0.294. The molecule has 3 atom stereocenters. The maximum absolute atomic E-state index is 9.38. The minimum Gasteiger partial charge on any atom is -0.396 e. The van der Waals surface area contributed by atoms with Crippen molar-refractivity contribution in [3.63, 3.8) is 0 Å². The van der Waals surface area contributed by atoms with E-state index in [1.54, 1.807) is 0 Å². The Morgan fingerprint density at radius 3 is 2.50 bits per heavy atom. The topological polar surface area (TPSA) is 71.2 Å². The largest absolute Gasteiger partial charge is 0.396 e. The summed E-state index contributed by atoms with van der Waals surface area (Å²) in [5.41, 5.74) is 2.77. The van der Waals surface area contributed by atoms with Gasteiger partial charge >= 0.3 is 0 Å². The second kappa shape index (κ2) is 7.10. The number of hydrogen-bond donors (Lipinski definition) is 2. The van der Waals surface area contributed by atoms with Crippen LogP contribution < -0.4 is 0 Å². The SMILES string of the molecule is OCc1ccc(-c2nnn([C@@H]3C[C@H](CO)C[C@H]3I)c2I)cc1. The Morgan fingerprint density at radius 1 is 1.18 bits per heavy atom.